The van der Waals surface area contributed by atoms with Gasteiger partial charge in [-0.2, -0.15) is 4.31 Å². The Kier molecular flexibility index (Phi) is 5.43. The molecule has 24 heavy (non-hydrogen) atoms. The molecule has 1 aliphatic rings. The van der Waals surface area contributed by atoms with E-state index >= 15 is 0 Å². The molecule has 4 nitrogen and oxygen atoms in total. The first kappa shape index (κ1) is 17.3. The van der Waals surface area contributed by atoms with Crippen LogP contribution >= 0.6 is 11.6 Å². The molecule has 0 amide bonds. The van der Waals surface area contributed by atoms with Gasteiger partial charge in [0.2, 0.25) is 10.0 Å². The maximum atomic E-state index is 12.9. The van der Waals surface area contributed by atoms with Gasteiger partial charge in [0, 0.05) is 16.5 Å². The third-order valence-electron chi connectivity index (χ3n) is 4.25. The van der Waals surface area contributed by atoms with Gasteiger partial charge < -0.3 is 4.42 Å². The second-order valence-corrected chi connectivity index (χ2v) is 8.17. The molecule has 1 aromatic heterocycles. The minimum absolute atomic E-state index is 0.0370. The Balaban J connectivity index is 1.82. The van der Waals surface area contributed by atoms with Crippen LogP contribution in [-0.2, 0) is 16.6 Å². The minimum atomic E-state index is -3.53. The van der Waals surface area contributed by atoms with E-state index in [-0.39, 0.29) is 12.6 Å². The Hall–Kier alpha value is -1.56. The van der Waals surface area contributed by atoms with Crippen molar-refractivity contribution in [3.63, 3.8) is 0 Å². The first-order chi connectivity index (χ1) is 11.5. The van der Waals surface area contributed by atoms with Crippen LogP contribution in [0.15, 0.2) is 52.5 Å². The van der Waals surface area contributed by atoms with Crippen LogP contribution in [0.3, 0.4) is 0 Å². The topological polar surface area (TPSA) is 50.5 Å². The monoisotopic (exact) mass is 365 g/mol. The molecule has 0 bridgehead atoms. The molecule has 0 saturated heterocycles. The van der Waals surface area contributed by atoms with Crippen LogP contribution in [0.1, 0.15) is 37.0 Å². The van der Waals surface area contributed by atoms with Crippen LogP contribution in [0, 0.1) is 0 Å². The van der Waals surface area contributed by atoms with Gasteiger partial charge in [-0.1, -0.05) is 36.6 Å². The maximum Gasteiger partial charge on any atom is 0.236 e. The quantitative estimate of drug-likeness (QED) is 0.746. The molecular weight excluding hydrogens is 346 g/mol. The smallest absolute Gasteiger partial charge is 0.236 e. The summed E-state index contributed by atoms with van der Waals surface area (Å²) in [5.41, 5.74) is 0.798. The molecule has 0 unspecified atom stereocenters. The lowest BCUT2D eigenvalue weighted by Crippen LogP contribution is -2.36. The van der Waals surface area contributed by atoms with Gasteiger partial charge >= 0.3 is 0 Å². The van der Waals surface area contributed by atoms with Crippen molar-refractivity contribution < 1.29 is 12.8 Å². The number of nitrogens with zero attached hydrogens (tertiary/aromatic N) is 1. The molecule has 0 radical (unpaired) electrons. The second-order valence-electron chi connectivity index (χ2n) is 5.96. The van der Waals surface area contributed by atoms with Crippen molar-refractivity contribution in [3.05, 3.63) is 64.4 Å². The van der Waals surface area contributed by atoms with Gasteiger partial charge in [0.25, 0.3) is 0 Å². The fourth-order valence-corrected chi connectivity index (χ4v) is 4.54. The summed E-state index contributed by atoms with van der Waals surface area (Å²) in [6.07, 6.45) is 7.10. The molecule has 2 aromatic rings. The van der Waals surface area contributed by atoms with Crippen LogP contribution in [0.2, 0.25) is 5.02 Å². The van der Waals surface area contributed by atoms with E-state index < -0.39 is 10.0 Å². The normalized spacial score (nSPS) is 16.4. The van der Waals surface area contributed by atoms with Gasteiger partial charge in [0.15, 0.2) is 0 Å². The third-order valence-corrected chi connectivity index (χ3v) is 6.07. The highest BCUT2D eigenvalue weighted by molar-refractivity contribution is 7.92. The summed E-state index contributed by atoms with van der Waals surface area (Å²) in [5.74, 6) is 0.658. The predicted octanol–water partition coefficient (Wildman–Crippen LogP) is 4.68. The number of hydrogen-bond donors (Lipinski definition) is 0. The fraction of sp³-hybridized carbons (Fsp3) is 0.333. The third kappa shape index (κ3) is 4.29. The molecule has 1 saturated carbocycles. The number of halogens is 1. The van der Waals surface area contributed by atoms with Crippen LogP contribution in [0.5, 0.6) is 0 Å². The number of furan rings is 1. The zero-order valence-electron chi connectivity index (χ0n) is 13.3. The lowest BCUT2D eigenvalue weighted by molar-refractivity contribution is 0.295. The van der Waals surface area contributed by atoms with Gasteiger partial charge in [0.1, 0.15) is 5.76 Å². The average Bonchev–Trinajstić information content (AvgIpc) is 3.25. The summed E-state index contributed by atoms with van der Waals surface area (Å²) < 4.78 is 32.6. The van der Waals surface area contributed by atoms with E-state index in [4.69, 9.17) is 16.0 Å². The summed E-state index contributed by atoms with van der Waals surface area (Å²) in [6.45, 7) is 0.269. The Morgan fingerprint density at radius 2 is 1.88 bits per heavy atom. The Morgan fingerprint density at radius 1 is 1.17 bits per heavy atom. The molecule has 0 spiro atoms. The Bertz CT molecular complexity index is 776. The zero-order chi connectivity index (χ0) is 17.0. The fourth-order valence-electron chi connectivity index (χ4n) is 2.99. The molecular formula is C18H20ClNO3S. The van der Waals surface area contributed by atoms with E-state index in [1.807, 2.05) is 0 Å². The Labute approximate surface area is 147 Å². The lowest BCUT2D eigenvalue weighted by atomic mass is 10.2. The van der Waals surface area contributed by atoms with Gasteiger partial charge in [0.05, 0.1) is 12.8 Å². The highest BCUT2D eigenvalue weighted by Gasteiger charge is 2.31. The van der Waals surface area contributed by atoms with E-state index in [1.54, 1.807) is 53.0 Å². The molecule has 6 heteroatoms. The van der Waals surface area contributed by atoms with Gasteiger partial charge in [-0.25, -0.2) is 8.42 Å². The summed E-state index contributed by atoms with van der Waals surface area (Å²) in [4.78, 5) is 0. The molecule has 1 aromatic carbocycles. The van der Waals surface area contributed by atoms with Gasteiger partial charge in [-0.3, -0.25) is 0 Å². The van der Waals surface area contributed by atoms with Crippen molar-refractivity contribution in [1.82, 2.24) is 4.31 Å². The molecule has 0 N–H and O–H groups in total. The number of rotatable bonds is 6. The standard InChI is InChI=1S/C18H20ClNO3S/c19-16-9-7-15(8-10-16)11-13-24(21,22)20(17-4-1-2-5-17)14-18-6-3-12-23-18/h3,6-13,17H,1-2,4-5,14H2/b13-11-. The highest BCUT2D eigenvalue weighted by atomic mass is 35.5. The van der Waals surface area contributed by atoms with Crippen molar-refractivity contribution in [1.29, 1.82) is 0 Å². The Morgan fingerprint density at radius 3 is 2.50 bits per heavy atom. The van der Waals surface area contributed by atoms with E-state index in [0.29, 0.717) is 10.8 Å². The van der Waals surface area contributed by atoms with E-state index in [1.165, 1.54) is 5.41 Å². The van der Waals surface area contributed by atoms with Crippen molar-refractivity contribution >= 4 is 27.7 Å². The number of hydrogen-bond acceptors (Lipinski definition) is 3. The summed E-state index contributed by atoms with van der Waals surface area (Å²) in [7, 11) is -3.53. The lowest BCUT2D eigenvalue weighted by Gasteiger charge is -2.25. The molecule has 0 atom stereocenters. The van der Waals surface area contributed by atoms with E-state index in [9.17, 15) is 8.42 Å². The summed E-state index contributed by atoms with van der Waals surface area (Å²) in [5, 5.41) is 1.90. The zero-order valence-corrected chi connectivity index (χ0v) is 14.8. The summed E-state index contributed by atoms with van der Waals surface area (Å²) in [6, 6.07) is 10.7. The van der Waals surface area contributed by atoms with Gasteiger partial charge in [-0.15, -0.1) is 0 Å². The van der Waals surface area contributed by atoms with Crippen LogP contribution in [0.4, 0.5) is 0 Å². The first-order valence-electron chi connectivity index (χ1n) is 8.02. The molecule has 3 rings (SSSR count). The molecule has 1 heterocycles. The van der Waals surface area contributed by atoms with E-state index in [2.05, 4.69) is 0 Å². The number of sulfonamides is 1. The van der Waals surface area contributed by atoms with Crippen LogP contribution in [0.25, 0.3) is 6.08 Å². The SMILES string of the molecule is O=S(=O)(/C=C\c1ccc(Cl)cc1)N(Cc1ccco1)C1CCCC1. The predicted molar refractivity (Wildman–Crippen MR) is 95.9 cm³/mol. The van der Waals surface area contributed by atoms with Crippen molar-refractivity contribution in [2.24, 2.45) is 0 Å². The molecule has 1 fully saturated rings. The molecule has 0 aliphatic heterocycles. The van der Waals surface area contributed by atoms with E-state index in [0.717, 1.165) is 31.2 Å². The van der Waals surface area contributed by atoms with Crippen LogP contribution < -0.4 is 0 Å². The minimum Gasteiger partial charge on any atom is -0.468 e. The van der Waals surface area contributed by atoms with Crippen molar-refractivity contribution in [2.45, 2.75) is 38.3 Å². The number of benzene rings is 1. The largest absolute Gasteiger partial charge is 0.468 e. The maximum absolute atomic E-state index is 12.9. The van der Waals surface area contributed by atoms with Crippen molar-refractivity contribution in [2.75, 3.05) is 0 Å². The first-order valence-corrected chi connectivity index (χ1v) is 9.90. The second kappa shape index (κ2) is 7.55. The van der Waals surface area contributed by atoms with Crippen LogP contribution in [-0.4, -0.2) is 18.8 Å². The average molecular weight is 366 g/mol. The summed E-state index contributed by atoms with van der Waals surface area (Å²) >= 11 is 5.86. The van der Waals surface area contributed by atoms with Gasteiger partial charge in [-0.05, 0) is 48.7 Å². The highest BCUT2D eigenvalue weighted by Crippen LogP contribution is 2.28. The molecule has 1 aliphatic carbocycles. The molecule has 128 valence electrons. The van der Waals surface area contributed by atoms with Crippen molar-refractivity contribution in [3.8, 4) is 0 Å².